The van der Waals surface area contributed by atoms with E-state index < -0.39 is 58.7 Å². The first-order valence-electron chi connectivity index (χ1n) is 13.8. The number of anilines is 1. The van der Waals surface area contributed by atoms with E-state index in [1.54, 1.807) is 36.4 Å². The van der Waals surface area contributed by atoms with Crippen LogP contribution in [0.1, 0.15) is 31.9 Å². The molecule has 3 aromatic carbocycles. The number of alkyl halides is 4. The Morgan fingerprint density at radius 3 is 1.91 bits per heavy atom. The number of benzene rings is 3. The fourth-order valence-electron chi connectivity index (χ4n) is 4.39. The number of rotatable bonds is 15. The fraction of sp³-hybridized carbons (Fsp3) is 0.355. The van der Waals surface area contributed by atoms with Crippen LogP contribution in [0, 0.1) is 0 Å². The molecule has 0 heterocycles. The predicted molar refractivity (Wildman–Crippen MR) is 162 cm³/mol. The smallest absolute Gasteiger partial charge is 0.407 e. The molecule has 0 spiro atoms. The van der Waals surface area contributed by atoms with Gasteiger partial charge in [-0.15, -0.1) is 0 Å². The second-order valence-electron chi connectivity index (χ2n) is 11.0. The van der Waals surface area contributed by atoms with Crippen molar-refractivity contribution in [2.45, 2.75) is 49.1 Å². The topological polar surface area (TPSA) is 134 Å². The van der Waals surface area contributed by atoms with Crippen LogP contribution in [-0.2, 0) is 19.4 Å². The average Bonchev–Trinajstić information content (AvgIpc) is 2.95. The zero-order valence-corrected chi connectivity index (χ0v) is 25.6. The molecule has 0 aromatic heterocycles. The Kier molecular flexibility index (Phi) is 11.6. The van der Waals surface area contributed by atoms with Gasteiger partial charge in [-0.2, -0.15) is 13.2 Å². The number of carbonyl (C=O) groups is 2. The van der Waals surface area contributed by atoms with Gasteiger partial charge in [0.05, 0.1) is 10.9 Å². The monoisotopic (exact) mass is 653 g/mol. The number of aliphatic carboxylic acids is 1. The third-order valence-electron chi connectivity index (χ3n) is 6.53. The zero-order chi connectivity index (χ0) is 33.4. The predicted octanol–water partition coefficient (Wildman–Crippen LogP) is 5.15. The van der Waals surface area contributed by atoms with E-state index in [0.29, 0.717) is 22.6 Å². The molecule has 244 valence electrons. The number of carboxylic acid groups (broad SMARTS) is 1. The number of nitrogens with one attached hydrogen (secondary N) is 3. The van der Waals surface area contributed by atoms with Crippen molar-refractivity contribution in [2.75, 3.05) is 31.3 Å². The molecule has 0 radical (unpaired) electrons. The van der Waals surface area contributed by atoms with Crippen LogP contribution in [0.4, 0.5) is 23.2 Å². The molecule has 9 nitrogen and oxygen atoms in total. The summed E-state index contributed by atoms with van der Waals surface area (Å²) in [7, 11) is -3.41. The van der Waals surface area contributed by atoms with Crippen LogP contribution in [0.3, 0.4) is 0 Å². The van der Waals surface area contributed by atoms with Gasteiger partial charge >= 0.3 is 12.1 Å². The molecule has 3 rings (SSSR count). The van der Waals surface area contributed by atoms with Crippen molar-refractivity contribution in [1.29, 1.82) is 0 Å². The lowest BCUT2D eigenvalue weighted by Gasteiger charge is -2.30. The van der Waals surface area contributed by atoms with Gasteiger partial charge in [0, 0.05) is 31.5 Å². The molecule has 0 aliphatic heterocycles. The van der Waals surface area contributed by atoms with Crippen LogP contribution < -0.4 is 20.7 Å². The minimum absolute atomic E-state index is 0.0183. The van der Waals surface area contributed by atoms with Crippen LogP contribution in [0.2, 0.25) is 0 Å². The number of ether oxygens (including phenoxy) is 1. The van der Waals surface area contributed by atoms with Gasteiger partial charge in [-0.1, -0.05) is 36.4 Å². The molecule has 0 saturated heterocycles. The van der Waals surface area contributed by atoms with Gasteiger partial charge in [0.15, 0.2) is 16.4 Å². The molecule has 3 aromatic rings. The summed E-state index contributed by atoms with van der Waals surface area (Å²) < 4.78 is 85.9. The fourth-order valence-corrected chi connectivity index (χ4v) is 5.02. The molecular weight excluding hydrogens is 618 g/mol. The van der Waals surface area contributed by atoms with Gasteiger partial charge in [0.2, 0.25) is 5.91 Å². The SMILES string of the molecule is CC(C)(F)C[C@H](N[C@@H](c1ccc(-c2ccc(S(C)(=O)=O)cc2)cc1)C(F)(F)F)C(=O)NCCNc1ccc(OCC(=O)O)cc1. The summed E-state index contributed by atoms with van der Waals surface area (Å²) in [6.07, 6.45) is -4.28. The van der Waals surface area contributed by atoms with Crippen LogP contribution >= 0.6 is 0 Å². The average molecular weight is 654 g/mol. The Balaban J connectivity index is 1.68. The van der Waals surface area contributed by atoms with E-state index in [-0.39, 0.29) is 23.5 Å². The highest BCUT2D eigenvalue weighted by Gasteiger charge is 2.43. The minimum Gasteiger partial charge on any atom is -0.482 e. The highest BCUT2D eigenvalue weighted by atomic mass is 32.2. The van der Waals surface area contributed by atoms with Crippen molar-refractivity contribution in [2.24, 2.45) is 0 Å². The quantitative estimate of drug-likeness (QED) is 0.131. The third kappa shape index (κ3) is 11.4. The Morgan fingerprint density at radius 1 is 0.867 bits per heavy atom. The molecule has 0 aliphatic carbocycles. The van der Waals surface area contributed by atoms with Gasteiger partial charge in [-0.05, 0) is 66.9 Å². The molecule has 14 heteroatoms. The summed E-state index contributed by atoms with van der Waals surface area (Å²) in [4.78, 5) is 23.7. The zero-order valence-electron chi connectivity index (χ0n) is 24.8. The summed E-state index contributed by atoms with van der Waals surface area (Å²) >= 11 is 0. The van der Waals surface area contributed by atoms with Crippen molar-refractivity contribution in [3.05, 3.63) is 78.4 Å². The first-order valence-corrected chi connectivity index (χ1v) is 15.7. The molecule has 2 atom stereocenters. The van der Waals surface area contributed by atoms with Crippen molar-refractivity contribution in [3.8, 4) is 16.9 Å². The van der Waals surface area contributed by atoms with E-state index in [1.165, 1.54) is 50.2 Å². The Bertz CT molecular complexity index is 1540. The maximum Gasteiger partial charge on any atom is 0.407 e. The van der Waals surface area contributed by atoms with Crippen molar-refractivity contribution in [3.63, 3.8) is 0 Å². The molecule has 0 aliphatic rings. The number of halogens is 4. The first-order chi connectivity index (χ1) is 20.9. The number of hydrogen-bond donors (Lipinski definition) is 4. The molecular formula is C31H35F4N3O6S. The molecule has 0 bridgehead atoms. The number of hydrogen-bond acceptors (Lipinski definition) is 7. The van der Waals surface area contributed by atoms with Crippen molar-refractivity contribution >= 4 is 27.4 Å². The third-order valence-corrected chi connectivity index (χ3v) is 7.66. The van der Waals surface area contributed by atoms with E-state index in [9.17, 15) is 35.6 Å². The van der Waals surface area contributed by atoms with Gasteiger partial charge in [-0.25, -0.2) is 17.6 Å². The standard InChI is InChI=1S/C31H35F4N3O6S/c1-30(2,32)18-26(29(41)37-17-16-36-23-10-12-24(13-11-23)44-19-27(39)40)38-28(31(33,34)35)22-6-4-20(5-7-22)21-8-14-25(15-9-21)45(3,42)43/h4-15,26,28,36,38H,16-19H2,1-3H3,(H,37,41)(H,39,40)/t26-,28-/m0/s1. The Hall–Kier alpha value is -4.17. The molecule has 1 amide bonds. The van der Waals surface area contributed by atoms with E-state index in [0.717, 1.165) is 6.26 Å². The maximum atomic E-state index is 14.6. The number of amides is 1. The van der Waals surface area contributed by atoms with Crippen molar-refractivity contribution < 1.29 is 45.4 Å². The van der Waals surface area contributed by atoms with Gasteiger partial charge < -0.3 is 20.5 Å². The van der Waals surface area contributed by atoms with Gasteiger partial charge in [-0.3, -0.25) is 10.1 Å². The molecule has 0 saturated carbocycles. The second-order valence-corrected chi connectivity index (χ2v) is 13.0. The number of carboxylic acids is 1. The summed E-state index contributed by atoms with van der Waals surface area (Å²) in [5.41, 5.74) is -0.383. The summed E-state index contributed by atoms with van der Waals surface area (Å²) in [6.45, 7) is 2.07. The minimum atomic E-state index is -4.82. The van der Waals surface area contributed by atoms with E-state index in [4.69, 9.17) is 9.84 Å². The lowest BCUT2D eigenvalue weighted by atomic mass is 9.96. The first kappa shape index (κ1) is 35.3. The number of carbonyl (C=O) groups excluding carboxylic acids is 1. The van der Waals surface area contributed by atoms with E-state index in [1.807, 2.05) is 0 Å². The summed E-state index contributed by atoms with van der Waals surface area (Å²) in [5.74, 6) is -1.58. The van der Waals surface area contributed by atoms with Crippen LogP contribution in [0.15, 0.2) is 77.7 Å². The molecule has 45 heavy (non-hydrogen) atoms. The van der Waals surface area contributed by atoms with E-state index in [2.05, 4.69) is 16.0 Å². The molecule has 0 unspecified atom stereocenters. The van der Waals surface area contributed by atoms with Crippen LogP contribution in [0.5, 0.6) is 5.75 Å². The van der Waals surface area contributed by atoms with E-state index >= 15 is 0 Å². The number of sulfone groups is 1. The highest BCUT2D eigenvalue weighted by Crippen LogP contribution is 2.35. The highest BCUT2D eigenvalue weighted by molar-refractivity contribution is 7.90. The maximum absolute atomic E-state index is 14.6. The second kappa shape index (κ2) is 14.7. The van der Waals surface area contributed by atoms with Gasteiger partial charge in [0.1, 0.15) is 17.5 Å². The van der Waals surface area contributed by atoms with Crippen LogP contribution in [0.25, 0.3) is 11.1 Å². The largest absolute Gasteiger partial charge is 0.482 e. The molecule has 0 fully saturated rings. The summed E-state index contributed by atoms with van der Waals surface area (Å²) in [5, 5.41) is 16.5. The lowest BCUT2D eigenvalue weighted by Crippen LogP contribution is -2.51. The Morgan fingerprint density at radius 2 is 1.42 bits per heavy atom. The Labute approximate surface area is 258 Å². The normalized spacial score (nSPS) is 13.5. The lowest BCUT2D eigenvalue weighted by molar-refractivity contribution is -0.161. The summed E-state index contributed by atoms with van der Waals surface area (Å²) in [6, 6.07) is 13.9. The van der Waals surface area contributed by atoms with Gasteiger partial charge in [0.25, 0.3) is 0 Å². The van der Waals surface area contributed by atoms with Crippen molar-refractivity contribution in [1.82, 2.24) is 10.6 Å². The van der Waals surface area contributed by atoms with Crippen LogP contribution in [-0.4, -0.2) is 69.2 Å². The molecule has 4 N–H and O–H groups in total.